The minimum absolute atomic E-state index is 1.05. The zero-order valence-corrected chi connectivity index (χ0v) is 7.54. The molecule has 1 aromatic heterocycles. The number of aryl methyl sites for hydroxylation is 2. The molecule has 1 nitrogen and oxygen atoms in total. The van der Waals surface area contributed by atoms with Crippen molar-refractivity contribution in [3.63, 3.8) is 0 Å². The average Bonchev–Trinajstić information content (AvgIpc) is 2.29. The molecule has 1 heterocycles. The lowest BCUT2D eigenvalue weighted by atomic mass is 10.2. The van der Waals surface area contributed by atoms with Gasteiger partial charge in [0.15, 0.2) is 0 Å². The zero-order chi connectivity index (χ0) is 8.55. The third kappa shape index (κ3) is 1.02. The molecule has 0 bridgehead atoms. The highest BCUT2D eigenvalue weighted by atomic mass is 14.9. The average molecular weight is 159 g/mol. The molecule has 0 amide bonds. The second-order valence-corrected chi connectivity index (χ2v) is 3.26. The third-order valence-electron chi connectivity index (χ3n) is 2.32. The lowest BCUT2D eigenvalue weighted by Gasteiger charge is -1.87. The molecule has 0 radical (unpaired) electrons. The minimum Gasteiger partial charge on any atom is -0.350 e. The van der Waals surface area contributed by atoms with Gasteiger partial charge in [-0.15, -0.1) is 0 Å². The molecule has 0 aromatic carbocycles. The maximum Gasteiger partial charge on any atom is 0.0477 e. The molecular formula is C11H13N. The highest BCUT2D eigenvalue weighted by Crippen LogP contribution is 1.92. The van der Waals surface area contributed by atoms with E-state index in [0.717, 1.165) is 6.42 Å². The summed E-state index contributed by atoms with van der Waals surface area (Å²) in [5, 5.41) is 2.71. The van der Waals surface area contributed by atoms with Gasteiger partial charge in [-0.05, 0) is 30.2 Å². The Morgan fingerprint density at radius 3 is 3.08 bits per heavy atom. The molecule has 0 spiro atoms. The molecule has 1 aromatic rings. The van der Waals surface area contributed by atoms with Gasteiger partial charge in [0, 0.05) is 18.6 Å². The molecule has 0 saturated heterocycles. The number of hydrogen-bond acceptors (Lipinski definition) is 0. The van der Waals surface area contributed by atoms with Crippen molar-refractivity contribution in [2.24, 2.45) is 7.05 Å². The molecule has 1 heteroatoms. The van der Waals surface area contributed by atoms with Crippen LogP contribution in [0, 0.1) is 6.92 Å². The summed E-state index contributed by atoms with van der Waals surface area (Å²) in [6.07, 6.45) is 12.0. The van der Waals surface area contributed by atoms with Gasteiger partial charge in [-0.1, -0.05) is 18.2 Å². The fraction of sp³-hybridized carbons (Fsp3) is 0.273. The lowest BCUT2D eigenvalue weighted by molar-refractivity contribution is 0.887. The second kappa shape index (κ2) is 2.67. The Balaban J connectivity index is 2.89. The van der Waals surface area contributed by atoms with Gasteiger partial charge in [0.1, 0.15) is 0 Å². The molecule has 2 rings (SSSR count). The molecule has 1 aliphatic rings. The summed E-state index contributed by atoms with van der Waals surface area (Å²) in [4.78, 5) is 0. The Morgan fingerprint density at radius 2 is 2.25 bits per heavy atom. The van der Waals surface area contributed by atoms with Crippen LogP contribution >= 0.6 is 0 Å². The van der Waals surface area contributed by atoms with Gasteiger partial charge in [-0.2, -0.15) is 0 Å². The van der Waals surface area contributed by atoms with Crippen LogP contribution in [0.3, 0.4) is 0 Å². The normalized spacial score (nSPS) is 14.5. The van der Waals surface area contributed by atoms with Gasteiger partial charge >= 0.3 is 0 Å². The van der Waals surface area contributed by atoms with E-state index in [2.05, 4.69) is 49.0 Å². The van der Waals surface area contributed by atoms with Crippen LogP contribution in [0.1, 0.15) is 12.0 Å². The first-order valence-electron chi connectivity index (χ1n) is 4.28. The van der Waals surface area contributed by atoms with Crippen LogP contribution in [0.15, 0.2) is 18.3 Å². The summed E-state index contributed by atoms with van der Waals surface area (Å²) in [6, 6.07) is 0. The topological polar surface area (TPSA) is 4.93 Å². The van der Waals surface area contributed by atoms with Crippen molar-refractivity contribution in [1.82, 2.24) is 4.57 Å². The second-order valence-electron chi connectivity index (χ2n) is 3.26. The van der Waals surface area contributed by atoms with Crippen LogP contribution in [0.25, 0.3) is 12.2 Å². The monoisotopic (exact) mass is 159 g/mol. The molecule has 62 valence electrons. The van der Waals surface area contributed by atoms with Crippen molar-refractivity contribution in [3.05, 3.63) is 34.5 Å². The Hall–Kier alpha value is -1.24. The van der Waals surface area contributed by atoms with Crippen molar-refractivity contribution in [1.29, 1.82) is 0 Å². The first kappa shape index (κ1) is 7.41. The van der Waals surface area contributed by atoms with Crippen molar-refractivity contribution in [3.8, 4) is 0 Å². The van der Waals surface area contributed by atoms with Crippen LogP contribution in [0.2, 0.25) is 0 Å². The largest absolute Gasteiger partial charge is 0.350 e. The lowest BCUT2D eigenvalue weighted by Crippen LogP contribution is -2.27. The highest BCUT2D eigenvalue weighted by Gasteiger charge is 1.97. The molecule has 12 heavy (non-hydrogen) atoms. The molecule has 0 N–H and O–H groups in total. The molecule has 0 aliphatic heterocycles. The van der Waals surface area contributed by atoms with Gasteiger partial charge < -0.3 is 4.57 Å². The van der Waals surface area contributed by atoms with E-state index < -0.39 is 0 Å². The van der Waals surface area contributed by atoms with Gasteiger partial charge in [0.05, 0.1) is 0 Å². The SMILES string of the molecule is Cc1cn(C)c2c1=CCC=CC=2. The molecule has 0 fully saturated rings. The first-order valence-corrected chi connectivity index (χ1v) is 4.28. The van der Waals surface area contributed by atoms with E-state index >= 15 is 0 Å². The van der Waals surface area contributed by atoms with E-state index in [-0.39, 0.29) is 0 Å². The van der Waals surface area contributed by atoms with Crippen LogP contribution in [0.5, 0.6) is 0 Å². The van der Waals surface area contributed by atoms with Gasteiger partial charge in [0.25, 0.3) is 0 Å². The first-order chi connectivity index (χ1) is 5.79. The Kier molecular flexibility index (Phi) is 1.65. The third-order valence-corrected chi connectivity index (χ3v) is 2.32. The van der Waals surface area contributed by atoms with Crippen LogP contribution in [0.4, 0.5) is 0 Å². The van der Waals surface area contributed by atoms with Gasteiger partial charge in [-0.25, -0.2) is 0 Å². The zero-order valence-electron chi connectivity index (χ0n) is 7.54. The van der Waals surface area contributed by atoms with E-state index in [0.29, 0.717) is 0 Å². The number of allylic oxidation sites excluding steroid dienone is 2. The van der Waals surface area contributed by atoms with E-state index in [1.165, 1.54) is 16.1 Å². The number of aromatic nitrogens is 1. The van der Waals surface area contributed by atoms with E-state index in [4.69, 9.17) is 0 Å². The Morgan fingerprint density at radius 1 is 1.42 bits per heavy atom. The van der Waals surface area contributed by atoms with E-state index in [1.807, 2.05) is 0 Å². The number of fused-ring (bicyclic) bond motifs is 1. The van der Waals surface area contributed by atoms with Crippen LogP contribution in [-0.2, 0) is 7.05 Å². The van der Waals surface area contributed by atoms with Gasteiger partial charge in [0.2, 0.25) is 0 Å². The highest BCUT2D eigenvalue weighted by molar-refractivity contribution is 5.44. The summed E-state index contributed by atoms with van der Waals surface area (Å²) in [5.74, 6) is 0. The molecule has 0 saturated carbocycles. The molecule has 1 aliphatic carbocycles. The van der Waals surface area contributed by atoms with Crippen molar-refractivity contribution in [2.75, 3.05) is 0 Å². The number of hydrogen-bond donors (Lipinski definition) is 0. The Bertz CT molecular complexity index is 432. The quantitative estimate of drug-likeness (QED) is 0.529. The van der Waals surface area contributed by atoms with E-state index in [1.54, 1.807) is 0 Å². The Labute approximate surface area is 72.3 Å². The van der Waals surface area contributed by atoms with Crippen molar-refractivity contribution < 1.29 is 0 Å². The smallest absolute Gasteiger partial charge is 0.0477 e. The van der Waals surface area contributed by atoms with Crippen molar-refractivity contribution >= 4 is 12.2 Å². The van der Waals surface area contributed by atoms with Crippen LogP contribution in [-0.4, -0.2) is 4.57 Å². The molecular weight excluding hydrogens is 146 g/mol. The summed E-state index contributed by atoms with van der Waals surface area (Å²) in [5.41, 5.74) is 1.37. The predicted molar refractivity (Wildman–Crippen MR) is 52.1 cm³/mol. The van der Waals surface area contributed by atoms with Crippen LogP contribution < -0.4 is 10.6 Å². The fourth-order valence-corrected chi connectivity index (χ4v) is 1.72. The number of nitrogens with zero attached hydrogens (tertiary/aromatic N) is 1. The number of rotatable bonds is 0. The summed E-state index contributed by atoms with van der Waals surface area (Å²) >= 11 is 0. The van der Waals surface area contributed by atoms with Crippen molar-refractivity contribution in [2.45, 2.75) is 13.3 Å². The standard InChI is InChI=1S/C11H13N/c1-9-8-12(2)11-7-5-3-4-6-10(9)11/h3,5-8H,4H2,1-2H3. The summed E-state index contributed by atoms with van der Waals surface area (Å²) in [7, 11) is 2.09. The fourth-order valence-electron chi connectivity index (χ4n) is 1.72. The van der Waals surface area contributed by atoms with Gasteiger partial charge in [-0.3, -0.25) is 0 Å². The predicted octanol–water partition coefficient (Wildman–Crippen LogP) is 0.854. The molecule has 0 unspecified atom stereocenters. The summed E-state index contributed by atoms with van der Waals surface area (Å²) in [6.45, 7) is 2.16. The summed E-state index contributed by atoms with van der Waals surface area (Å²) < 4.78 is 2.18. The van der Waals surface area contributed by atoms with E-state index in [9.17, 15) is 0 Å². The maximum atomic E-state index is 2.28. The maximum absolute atomic E-state index is 2.28. The molecule has 0 atom stereocenters. The minimum atomic E-state index is 1.05.